The number of nitrogens with one attached hydrogen (secondary N) is 1. The van der Waals surface area contributed by atoms with Crippen LogP contribution >= 0.6 is 23.7 Å². The summed E-state index contributed by atoms with van der Waals surface area (Å²) in [4.78, 5) is 6.92. The van der Waals surface area contributed by atoms with Gasteiger partial charge >= 0.3 is 0 Å². The van der Waals surface area contributed by atoms with Crippen LogP contribution in [-0.2, 0) is 6.54 Å². The zero-order valence-electron chi connectivity index (χ0n) is 9.86. The van der Waals surface area contributed by atoms with Gasteiger partial charge in [0.15, 0.2) is 0 Å². The average Bonchev–Trinajstić information content (AvgIpc) is 2.71. The molecule has 1 saturated heterocycles. The molecule has 1 aromatic carbocycles. The van der Waals surface area contributed by atoms with Crippen molar-refractivity contribution in [2.24, 2.45) is 0 Å². The van der Waals surface area contributed by atoms with Crippen LogP contribution in [0.25, 0.3) is 10.2 Å². The molecule has 2 heterocycles. The number of nitrogens with zero attached hydrogens (tertiary/aromatic N) is 2. The summed E-state index contributed by atoms with van der Waals surface area (Å²) < 4.78 is 14.0. The molecule has 6 heteroatoms. The van der Waals surface area contributed by atoms with E-state index >= 15 is 0 Å². The van der Waals surface area contributed by atoms with Crippen LogP contribution in [0.2, 0.25) is 0 Å². The molecule has 0 bridgehead atoms. The lowest BCUT2D eigenvalue weighted by Gasteiger charge is -2.25. The molecule has 1 aromatic heterocycles. The third kappa shape index (κ3) is 2.98. The highest BCUT2D eigenvalue weighted by atomic mass is 35.5. The molecule has 98 valence electrons. The van der Waals surface area contributed by atoms with Crippen LogP contribution in [0.15, 0.2) is 18.2 Å². The molecule has 1 aliphatic heterocycles. The molecular weight excluding hydrogens is 273 g/mol. The fraction of sp³-hybridized carbons (Fsp3) is 0.417. The molecular formula is C12H15ClFN3S. The van der Waals surface area contributed by atoms with E-state index in [0.29, 0.717) is 0 Å². The van der Waals surface area contributed by atoms with E-state index in [1.807, 2.05) is 0 Å². The molecule has 1 fully saturated rings. The summed E-state index contributed by atoms with van der Waals surface area (Å²) in [7, 11) is 0. The minimum absolute atomic E-state index is 0. The molecule has 0 spiro atoms. The van der Waals surface area contributed by atoms with E-state index in [9.17, 15) is 4.39 Å². The van der Waals surface area contributed by atoms with Crippen molar-refractivity contribution in [2.45, 2.75) is 6.54 Å². The Hall–Kier alpha value is -0.750. The largest absolute Gasteiger partial charge is 0.314 e. The highest BCUT2D eigenvalue weighted by molar-refractivity contribution is 7.18. The normalized spacial score (nSPS) is 16.7. The predicted octanol–water partition coefficient (Wildman–Crippen LogP) is 2.26. The van der Waals surface area contributed by atoms with Gasteiger partial charge in [0.05, 0.1) is 16.8 Å². The van der Waals surface area contributed by atoms with E-state index in [4.69, 9.17) is 0 Å². The van der Waals surface area contributed by atoms with E-state index in [1.54, 1.807) is 23.5 Å². The average molecular weight is 288 g/mol. The van der Waals surface area contributed by atoms with Gasteiger partial charge < -0.3 is 5.32 Å². The standard InChI is InChI=1S/C12H14FN3S.ClH/c13-9-1-2-10-11(7-9)17-12(15-10)8-16-5-3-14-4-6-16;/h1-2,7,14H,3-6,8H2;1H. The Balaban J connectivity index is 0.00000120. The van der Waals surface area contributed by atoms with E-state index in [1.165, 1.54) is 6.07 Å². The molecule has 0 atom stereocenters. The van der Waals surface area contributed by atoms with Gasteiger partial charge in [-0.25, -0.2) is 9.37 Å². The summed E-state index contributed by atoms with van der Waals surface area (Å²) in [6.45, 7) is 5.08. The number of hydrogen-bond acceptors (Lipinski definition) is 4. The molecule has 0 unspecified atom stereocenters. The van der Waals surface area contributed by atoms with Crippen LogP contribution in [0.5, 0.6) is 0 Å². The molecule has 18 heavy (non-hydrogen) atoms. The van der Waals surface area contributed by atoms with E-state index < -0.39 is 0 Å². The van der Waals surface area contributed by atoms with Crippen LogP contribution in [0.1, 0.15) is 5.01 Å². The first-order chi connectivity index (χ1) is 8.31. The first kappa shape index (κ1) is 13.7. The second kappa shape index (κ2) is 5.93. The second-order valence-corrected chi connectivity index (χ2v) is 5.36. The Bertz CT molecular complexity index is 525. The summed E-state index contributed by atoms with van der Waals surface area (Å²) in [6.07, 6.45) is 0. The van der Waals surface area contributed by atoms with Gasteiger partial charge in [-0.3, -0.25) is 4.90 Å². The molecule has 3 rings (SSSR count). The number of benzene rings is 1. The summed E-state index contributed by atoms with van der Waals surface area (Å²) in [5.74, 6) is -0.185. The third-order valence-corrected chi connectivity index (χ3v) is 3.97. The van der Waals surface area contributed by atoms with Gasteiger partial charge in [0.2, 0.25) is 0 Å². The summed E-state index contributed by atoms with van der Waals surface area (Å²) in [6, 6.07) is 4.79. The lowest BCUT2D eigenvalue weighted by atomic mass is 10.3. The fourth-order valence-corrected chi connectivity index (χ4v) is 3.11. The Morgan fingerprint density at radius 3 is 2.89 bits per heavy atom. The highest BCUT2D eigenvalue weighted by Gasteiger charge is 2.12. The number of halogens is 2. The fourth-order valence-electron chi connectivity index (χ4n) is 2.07. The summed E-state index contributed by atoms with van der Waals surface area (Å²) >= 11 is 1.59. The van der Waals surface area contributed by atoms with Crippen molar-refractivity contribution in [1.82, 2.24) is 15.2 Å². The molecule has 0 amide bonds. The summed E-state index contributed by atoms with van der Waals surface area (Å²) in [5.41, 5.74) is 0.904. The van der Waals surface area contributed by atoms with Crippen LogP contribution < -0.4 is 5.32 Å². The lowest BCUT2D eigenvalue weighted by molar-refractivity contribution is 0.233. The van der Waals surface area contributed by atoms with E-state index in [-0.39, 0.29) is 18.2 Å². The van der Waals surface area contributed by atoms with Gasteiger partial charge in [0, 0.05) is 26.2 Å². The minimum Gasteiger partial charge on any atom is -0.314 e. The molecule has 1 aliphatic rings. The molecule has 0 aliphatic carbocycles. The van der Waals surface area contributed by atoms with Crippen molar-refractivity contribution in [3.8, 4) is 0 Å². The van der Waals surface area contributed by atoms with E-state index in [0.717, 1.165) is 47.9 Å². The summed E-state index contributed by atoms with van der Waals surface area (Å²) in [5, 5.41) is 4.40. The molecule has 0 saturated carbocycles. The maximum absolute atomic E-state index is 13.1. The SMILES string of the molecule is Cl.Fc1ccc2nc(CN3CCNCC3)sc2c1. The number of fused-ring (bicyclic) bond motifs is 1. The van der Waals surface area contributed by atoms with Crippen molar-refractivity contribution < 1.29 is 4.39 Å². The number of thiazole rings is 1. The van der Waals surface area contributed by atoms with Gasteiger partial charge in [-0.1, -0.05) is 0 Å². The Morgan fingerprint density at radius 2 is 2.11 bits per heavy atom. The van der Waals surface area contributed by atoms with E-state index in [2.05, 4.69) is 15.2 Å². The molecule has 1 N–H and O–H groups in total. The van der Waals surface area contributed by atoms with Crippen molar-refractivity contribution in [2.75, 3.05) is 26.2 Å². The van der Waals surface area contributed by atoms with Crippen molar-refractivity contribution >= 4 is 34.0 Å². The van der Waals surface area contributed by atoms with Gasteiger partial charge in [0.25, 0.3) is 0 Å². The zero-order valence-corrected chi connectivity index (χ0v) is 11.5. The van der Waals surface area contributed by atoms with Crippen molar-refractivity contribution in [3.05, 3.63) is 29.0 Å². The van der Waals surface area contributed by atoms with Gasteiger partial charge in [-0.05, 0) is 18.2 Å². The molecule has 0 radical (unpaired) electrons. The highest BCUT2D eigenvalue weighted by Crippen LogP contribution is 2.23. The smallest absolute Gasteiger partial charge is 0.124 e. The quantitative estimate of drug-likeness (QED) is 0.918. The van der Waals surface area contributed by atoms with Crippen LogP contribution in [-0.4, -0.2) is 36.1 Å². The molecule has 3 nitrogen and oxygen atoms in total. The molecule has 2 aromatic rings. The first-order valence-electron chi connectivity index (χ1n) is 5.79. The van der Waals surface area contributed by atoms with Crippen LogP contribution in [0.4, 0.5) is 4.39 Å². The topological polar surface area (TPSA) is 28.2 Å². The maximum atomic E-state index is 13.1. The third-order valence-electron chi connectivity index (χ3n) is 2.96. The number of rotatable bonds is 2. The Morgan fingerprint density at radius 1 is 1.33 bits per heavy atom. The Labute approximate surface area is 115 Å². The van der Waals surface area contributed by atoms with Gasteiger partial charge in [-0.15, -0.1) is 23.7 Å². The number of hydrogen-bond donors (Lipinski definition) is 1. The predicted molar refractivity (Wildman–Crippen MR) is 75.0 cm³/mol. The first-order valence-corrected chi connectivity index (χ1v) is 6.61. The minimum atomic E-state index is -0.185. The second-order valence-electron chi connectivity index (χ2n) is 4.25. The Kier molecular flexibility index (Phi) is 4.50. The monoisotopic (exact) mass is 287 g/mol. The van der Waals surface area contributed by atoms with Crippen LogP contribution in [0, 0.1) is 5.82 Å². The lowest BCUT2D eigenvalue weighted by Crippen LogP contribution is -2.42. The maximum Gasteiger partial charge on any atom is 0.124 e. The van der Waals surface area contributed by atoms with Crippen LogP contribution in [0.3, 0.4) is 0 Å². The van der Waals surface area contributed by atoms with Gasteiger partial charge in [-0.2, -0.15) is 0 Å². The van der Waals surface area contributed by atoms with Crippen molar-refractivity contribution in [3.63, 3.8) is 0 Å². The zero-order chi connectivity index (χ0) is 11.7. The number of aromatic nitrogens is 1. The van der Waals surface area contributed by atoms with Gasteiger partial charge in [0.1, 0.15) is 10.8 Å². The number of piperazine rings is 1. The van der Waals surface area contributed by atoms with Crippen molar-refractivity contribution in [1.29, 1.82) is 0 Å².